The third-order valence-corrected chi connectivity index (χ3v) is 3.66. The van der Waals surface area contributed by atoms with Crippen molar-refractivity contribution in [3.05, 3.63) is 59.2 Å². The molecule has 0 radical (unpaired) electrons. The number of nitrogens with two attached hydrogens (primary N) is 1. The molecule has 0 aliphatic carbocycles. The molecule has 0 aromatic heterocycles. The number of carbonyl (C=O) groups is 1. The van der Waals surface area contributed by atoms with Crippen LogP contribution < -0.4 is 15.8 Å². The maximum Gasteiger partial charge on any atom is 0.245 e. The maximum absolute atomic E-state index is 12.3. The van der Waals surface area contributed by atoms with Crippen LogP contribution in [0.3, 0.4) is 0 Å². The lowest BCUT2D eigenvalue weighted by atomic mass is 10.1. The van der Waals surface area contributed by atoms with Gasteiger partial charge < -0.3 is 15.8 Å². The molecule has 2 aromatic carbocycles. The van der Waals surface area contributed by atoms with Crippen molar-refractivity contribution in [2.45, 2.75) is 12.6 Å². The first kappa shape index (κ1) is 14.3. The third kappa shape index (κ3) is 2.84. The van der Waals surface area contributed by atoms with Gasteiger partial charge in [-0.3, -0.25) is 9.79 Å². The number of benzene rings is 2. The average Bonchev–Trinajstić information content (AvgIpc) is 3.02. The van der Waals surface area contributed by atoms with Gasteiger partial charge in [0.2, 0.25) is 5.91 Å². The Kier molecular flexibility index (Phi) is 3.89. The Morgan fingerprint density at radius 3 is 2.77 bits per heavy atom. The van der Waals surface area contributed by atoms with E-state index in [2.05, 4.69) is 10.3 Å². The number of amides is 1. The lowest BCUT2D eigenvalue weighted by molar-refractivity contribution is -0.117. The fourth-order valence-corrected chi connectivity index (χ4v) is 2.36. The van der Waals surface area contributed by atoms with E-state index in [-0.39, 0.29) is 5.91 Å². The second kappa shape index (κ2) is 5.99. The normalized spacial score (nSPS) is 13.5. The molecule has 1 amide bonds. The van der Waals surface area contributed by atoms with Crippen molar-refractivity contribution in [2.75, 3.05) is 12.4 Å². The number of nitrogens with one attached hydrogen (secondary N) is 1. The number of ether oxygens (including phenoxy) is 1. The molecule has 1 atom stereocenters. The molecule has 1 unspecified atom stereocenters. The van der Waals surface area contributed by atoms with E-state index in [1.54, 1.807) is 31.4 Å². The minimum absolute atomic E-state index is 0.250. The predicted molar refractivity (Wildman–Crippen MR) is 86.3 cm³/mol. The number of methoxy groups -OCH3 is 1. The molecule has 0 spiro atoms. The fourth-order valence-electron chi connectivity index (χ4n) is 2.36. The predicted octanol–water partition coefficient (Wildman–Crippen LogP) is 2.27. The van der Waals surface area contributed by atoms with E-state index in [1.807, 2.05) is 24.4 Å². The monoisotopic (exact) mass is 295 g/mol. The van der Waals surface area contributed by atoms with Gasteiger partial charge in [0.1, 0.15) is 11.8 Å². The molecular weight excluding hydrogens is 278 g/mol. The number of hydrogen-bond acceptors (Lipinski definition) is 4. The standard InChI is InChI=1S/C17H17N3O2/c1-22-15-6-3-11(4-7-15)16(18)17(21)20-14-5-2-12-9-19-10-13(12)8-14/h2-8,10,16H,9,18H2,1H3,(H,20,21). The Morgan fingerprint density at radius 1 is 1.27 bits per heavy atom. The van der Waals surface area contributed by atoms with Crippen molar-refractivity contribution < 1.29 is 9.53 Å². The van der Waals surface area contributed by atoms with E-state index < -0.39 is 6.04 Å². The number of anilines is 1. The first-order valence-corrected chi connectivity index (χ1v) is 7.00. The molecule has 0 saturated carbocycles. The van der Waals surface area contributed by atoms with Crippen molar-refractivity contribution in [1.29, 1.82) is 0 Å². The summed E-state index contributed by atoms with van der Waals surface area (Å²) < 4.78 is 5.09. The van der Waals surface area contributed by atoms with Gasteiger partial charge in [-0.1, -0.05) is 18.2 Å². The lowest BCUT2D eigenvalue weighted by Gasteiger charge is -2.13. The van der Waals surface area contributed by atoms with Crippen LogP contribution in [0.2, 0.25) is 0 Å². The maximum atomic E-state index is 12.3. The molecule has 3 N–H and O–H groups in total. The highest BCUT2D eigenvalue weighted by Gasteiger charge is 2.16. The molecule has 1 aliphatic heterocycles. The fraction of sp³-hybridized carbons (Fsp3) is 0.176. The molecular formula is C17H17N3O2. The van der Waals surface area contributed by atoms with E-state index in [9.17, 15) is 4.79 Å². The highest BCUT2D eigenvalue weighted by atomic mass is 16.5. The van der Waals surface area contributed by atoms with Gasteiger partial charge in [0.25, 0.3) is 0 Å². The topological polar surface area (TPSA) is 76.7 Å². The van der Waals surface area contributed by atoms with Crippen LogP contribution in [0.1, 0.15) is 22.7 Å². The van der Waals surface area contributed by atoms with Gasteiger partial charge in [-0.05, 0) is 41.0 Å². The van der Waals surface area contributed by atoms with E-state index in [0.29, 0.717) is 6.54 Å². The van der Waals surface area contributed by atoms with Gasteiger partial charge in [0.05, 0.1) is 13.7 Å². The van der Waals surface area contributed by atoms with Crippen LogP contribution in [0.4, 0.5) is 5.69 Å². The summed E-state index contributed by atoms with van der Waals surface area (Å²) in [7, 11) is 1.60. The van der Waals surface area contributed by atoms with Crippen molar-refractivity contribution in [3.8, 4) is 5.75 Å². The second-order valence-corrected chi connectivity index (χ2v) is 5.12. The molecule has 112 valence electrons. The third-order valence-electron chi connectivity index (χ3n) is 3.66. The van der Waals surface area contributed by atoms with Crippen LogP contribution in [0.15, 0.2) is 47.5 Å². The molecule has 5 heteroatoms. The van der Waals surface area contributed by atoms with E-state index in [4.69, 9.17) is 10.5 Å². The Balaban J connectivity index is 1.71. The molecule has 22 heavy (non-hydrogen) atoms. The quantitative estimate of drug-likeness (QED) is 0.908. The van der Waals surface area contributed by atoms with Crippen molar-refractivity contribution >= 4 is 17.8 Å². The summed E-state index contributed by atoms with van der Waals surface area (Å²) in [5.41, 5.74) is 9.67. The Morgan fingerprint density at radius 2 is 2.05 bits per heavy atom. The first-order chi connectivity index (χ1) is 10.7. The number of fused-ring (bicyclic) bond motifs is 1. The molecule has 2 aromatic rings. The average molecular weight is 295 g/mol. The summed E-state index contributed by atoms with van der Waals surface area (Å²) in [5, 5.41) is 2.84. The smallest absolute Gasteiger partial charge is 0.245 e. The Labute approximate surface area is 128 Å². The summed E-state index contributed by atoms with van der Waals surface area (Å²) in [6, 6.07) is 12.2. The second-order valence-electron chi connectivity index (χ2n) is 5.12. The Hall–Kier alpha value is -2.66. The summed E-state index contributed by atoms with van der Waals surface area (Å²) in [6.45, 7) is 0.703. The summed E-state index contributed by atoms with van der Waals surface area (Å²) >= 11 is 0. The number of aliphatic imine (C=N–C) groups is 1. The van der Waals surface area contributed by atoms with Crippen molar-refractivity contribution in [2.24, 2.45) is 10.7 Å². The highest BCUT2D eigenvalue weighted by molar-refractivity contribution is 5.96. The Bertz CT molecular complexity index is 723. The van der Waals surface area contributed by atoms with E-state index in [0.717, 1.165) is 28.1 Å². The summed E-state index contributed by atoms with van der Waals surface area (Å²) in [5.74, 6) is 0.481. The molecule has 0 bridgehead atoms. The van der Waals surface area contributed by atoms with Gasteiger partial charge in [0, 0.05) is 11.9 Å². The zero-order valence-electron chi connectivity index (χ0n) is 12.2. The number of rotatable bonds is 4. The van der Waals surface area contributed by atoms with Crippen LogP contribution >= 0.6 is 0 Å². The zero-order chi connectivity index (χ0) is 15.5. The van der Waals surface area contributed by atoms with Crippen LogP contribution in [0.25, 0.3) is 0 Å². The molecule has 3 rings (SSSR count). The van der Waals surface area contributed by atoms with Gasteiger partial charge in [-0.2, -0.15) is 0 Å². The first-order valence-electron chi connectivity index (χ1n) is 7.00. The van der Waals surface area contributed by atoms with E-state index >= 15 is 0 Å². The molecule has 0 fully saturated rings. The van der Waals surface area contributed by atoms with E-state index in [1.165, 1.54) is 0 Å². The van der Waals surface area contributed by atoms with Crippen molar-refractivity contribution in [3.63, 3.8) is 0 Å². The van der Waals surface area contributed by atoms with Gasteiger partial charge in [0.15, 0.2) is 0 Å². The number of carbonyl (C=O) groups excluding carboxylic acids is 1. The number of nitrogens with zero attached hydrogens (tertiary/aromatic N) is 1. The lowest BCUT2D eigenvalue weighted by Crippen LogP contribution is -2.27. The summed E-state index contributed by atoms with van der Waals surface area (Å²) in [6.07, 6.45) is 1.81. The minimum Gasteiger partial charge on any atom is -0.497 e. The van der Waals surface area contributed by atoms with Gasteiger partial charge in [-0.15, -0.1) is 0 Å². The van der Waals surface area contributed by atoms with Gasteiger partial charge >= 0.3 is 0 Å². The molecule has 1 heterocycles. The molecule has 5 nitrogen and oxygen atoms in total. The largest absolute Gasteiger partial charge is 0.497 e. The van der Waals surface area contributed by atoms with Crippen molar-refractivity contribution in [1.82, 2.24) is 0 Å². The summed E-state index contributed by atoms with van der Waals surface area (Å²) in [4.78, 5) is 16.5. The highest BCUT2D eigenvalue weighted by Crippen LogP contribution is 2.21. The van der Waals surface area contributed by atoms with Crippen LogP contribution in [0.5, 0.6) is 5.75 Å². The van der Waals surface area contributed by atoms with Crippen LogP contribution in [-0.2, 0) is 11.3 Å². The zero-order valence-corrected chi connectivity index (χ0v) is 12.2. The van der Waals surface area contributed by atoms with Crippen LogP contribution in [0, 0.1) is 0 Å². The minimum atomic E-state index is -0.729. The SMILES string of the molecule is COc1ccc(C(N)C(=O)Nc2ccc3c(c2)C=NC3)cc1. The molecule has 1 aliphatic rings. The molecule has 0 saturated heterocycles. The van der Waals surface area contributed by atoms with Gasteiger partial charge in [-0.25, -0.2) is 0 Å². The number of hydrogen-bond donors (Lipinski definition) is 2. The van der Waals surface area contributed by atoms with Crippen LogP contribution in [-0.4, -0.2) is 19.2 Å².